The Kier molecular flexibility index (Phi) is 10.2. The van der Waals surface area contributed by atoms with E-state index in [1.54, 1.807) is 12.5 Å². The van der Waals surface area contributed by atoms with Crippen molar-refractivity contribution in [1.82, 2.24) is 10.3 Å². The topological polar surface area (TPSA) is 47.3 Å². The standard InChI is InChI=1S/C18H26N2O2.ClH/c1-2-3-4-5-11-19-15-16-6-8-17(9-7-16)21-13-10-18-20-12-14-22-18;/h6-9,12,14,19H,2-5,10-11,13,15H2,1H3;1H. The molecule has 23 heavy (non-hydrogen) atoms. The highest BCUT2D eigenvalue weighted by Gasteiger charge is 1.99. The number of nitrogens with zero attached hydrogens (tertiary/aromatic N) is 1. The highest BCUT2D eigenvalue weighted by molar-refractivity contribution is 5.85. The molecule has 0 aliphatic heterocycles. The fourth-order valence-corrected chi connectivity index (χ4v) is 2.25. The number of nitrogens with one attached hydrogen (secondary N) is 1. The van der Waals surface area contributed by atoms with Gasteiger partial charge < -0.3 is 14.5 Å². The van der Waals surface area contributed by atoms with Crippen LogP contribution in [0.25, 0.3) is 0 Å². The SMILES string of the molecule is CCCCCCNCc1ccc(OCCc2ncco2)cc1.Cl. The van der Waals surface area contributed by atoms with Crippen LogP contribution >= 0.6 is 12.4 Å². The van der Waals surface area contributed by atoms with E-state index < -0.39 is 0 Å². The summed E-state index contributed by atoms with van der Waals surface area (Å²) in [7, 11) is 0. The molecule has 0 aliphatic carbocycles. The summed E-state index contributed by atoms with van der Waals surface area (Å²) in [4.78, 5) is 4.07. The molecular formula is C18H27ClN2O2. The molecule has 0 amide bonds. The quantitative estimate of drug-likeness (QED) is 0.617. The van der Waals surface area contributed by atoms with Crippen molar-refractivity contribution < 1.29 is 9.15 Å². The molecule has 0 fully saturated rings. The van der Waals surface area contributed by atoms with E-state index >= 15 is 0 Å². The Bertz CT molecular complexity index is 500. The van der Waals surface area contributed by atoms with Crippen molar-refractivity contribution >= 4 is 12.4 Å². The predicted octanol–water partition coefficient (Wildman–Crippen LogP) is 4.39. The monoisotopic (exact) mass is 338 g/mol. The zero-order chi connectivity index (χ0) is 15.5. The van der Waals surface area contributed by atoms with Gasteiger partial charge in [0.25, 0.3) is 0 Å². The second kappa shape index (κ2) is 12.0. The third kappa shape index (κ3) is 8.05. The van der Waals surface area contributed by atoms with E-state index in [1.807, 2.05) is 12.1 Å². The van der Waals surface area contributed by atoms with Gasteiger partial charge in [-0.1, -0.05) is 38.3 Å². The molecule has 0 aliphatic rings. The summed E-state index contributed by atoms with van der Waals surface area (Å²) in [5.41, 5.74) is 1.29. The van der Waals surface area contributed by atoms with Crippen LogP contribution in [0, 0.1) is 0 Å². The van der Waals surface area contributed by atoms with Crippen LogP contribution in [0.4, 0.5) is 0 Å². The summed E-state index contributed by atoms with van der Waals surface area (Å²) < 4.78 is 10.9. The van der Waals surface area contributed by atoms with E-state index in [0.29, 0.717) is 18.9 Å². The molecule has 0 saturated carbocycles. The molecule has 1 aromatic heterocycles. The molecule has 1 aromatic carbocycles. The Balaban J connectivity index is 0.00000264. The van der Waals surface area contributed by atoms with Gasteiger partial charge in [-0.15, -0.1) is 12.4 Å². The highest BCUT2D eigenvalue weighted by Crippen LogP contribution is 2.12. The predicted molar refractivity (Wildman–Crippen MR) is 95.2 cm³/mol. The third-order valence-corrected chi connectivity index (χ3v) is 3.53. The molecule has 2 rings (SSSR count). The van der Waals surface area contributed by atoms with E-state index in [1.165, 1.54) is 31.2 Å². The summed E-state index contributed by atoms with van der Waals surface area (Å²) >= 11 is 0. The minimum Gasteiger partial charge on any atom is -0.493 e. The zero-order valence-electron chi connectivity index (χ0n) is 13.8. The molecule has 1 N–H and O–H groups in total. The van der Waals surface area contributed by atoms with Gasteiger partial charge in [0.15, 0.2) is 5.89 Å². The number of benzene rings is 1. The molecule has 1 heterocycles. The number of oxazole rings is 1. The Hall–Kier alpha value is -1.52. The van der Waals surface area contributed by atoms with Gasteiger partial charge in [0.1, 0.15) is 12.0 Å². The summed E-state index contributed by atoms with van der Waals surface area (Å²) in [5, 5.41) is 3.48. The fourth-order valence-electron chi connectivity index (χ4n) is 2.25. The average molecular weight is 339 g/mol. The smallest absolute Gasteiger partial charge is 0.197 e. The summed E-state index contributed by atoms with van der Waals surface area (Å²) in [6.07, 6.45) is 9.13. The maximum absolute atomic E-state index is 5.68. The van der Waals surface area contributed by atoms with Crippen molar-refractivity contribution in [2.24, 2.45) is 0 Å². The van der Waals surface area contributed by atoms with Crippen LogP contribution in [-0.4, -0.2) is 18.1 Å². The molecule has 4 nitrogen and oxygen atoms in total. The second-order valence-corrected chi connectivity index (χ2v) is 5.41. The van der Waals surface area contributed by atoms with Gasteiger partial charge in [-0.3, -0.25) is 0 Å². The molecular weight excluding hydrogens is 312 g/mol. The summed E-state index contributed by atoms with van der Waals surface area (Å²) in [5.74, 6) is 1.60. The van der Waals surface area contributed by atoms with Crippen LogP contribution < -0.4 is 10.1 Å². The lowest BCUT2D eigenvalue weighted by Crippen LogP contribution is -2.14. The van der Waals surface area contributed by atoms with Crippen LogP contribution in [0.1, 0.15) is 44.1 Å². The molecule has 2 aromatic rings. The molecule has 0 unspecified atom stereocenters. The van der Waals surface area contributed by atoms with Gasteiger partial charge in [-0.25, -0.2) is 4.98 Å². The minimum absolute atomic E-state index is 0. The maximum Gasteiger partial charge on any atom is 0.197 e. The molecule has 0 atom stereocenters. The normalized spacial score (nSPS) is 10.3. The Morgan fingerprint density at radius 3 is 2.65 bits per heavy atom. The lowest BCUT2D eigenvalue weighted by molar-refractivity contribution is 0.306. The number of aromatic nitrogens is 1. The van der Waals surface area contributed by atoms with E-state index in [4.69, 9.17) is 9.15 Å². The lowest BCUT2D eigenvalue weighted by Gasteiger charge is -2.07. The van der Waals surface area contributed by atoms with Gasteiger partial charge in [0.2, 0.25) is 0 Å². The molecule has 0 spiro atoms. The van der Waals surface area contributed by atoms with E-state index in [0.717, 1.165) is 18.8 Å². The lowest BCUT2D eigenvalue weighted by atomic mass is 10.2. The number of hydrogen-bond acceptors (Lipinski definition) is 4. The molecule has 0 radical (unpaired) electrons. The number of halogens is 1. The fraction of sp³-hybridized carbons (Fsp3) is 0.500. The second-order valence-electron chi connectivity index (χ2n) is 5.41. The van der Waals surface area contributed by atoms with Gasteiger partial charge in [0.05, 0.1) is 19.2 Å². The molecule has 0 saturated heterocycles. The highest BCUT2D eigenvalue weighted by atomic mass is 35.5. The van der Waals surface area contributed by atoms with Gasteiger partial charge >= 0.3 is 0 Å². The number of rotatable bonds is 11. The van der Waals surface area contributed by atoms with E-state index in [-0.39, 0.29) is 12.4 Å². The minimum atomic E-state index is 0. The van der Waals surface area contributed by atoms with Crippen molar-refractivity contribution in [3.8, 4) is 5.75 Å². The Morgan fingerprint density at radius 2 is 1.96 bits per heavy atom. The first-order chi connectivity index (χ1) is 10.9. The van der Waals surface area contributed by atoms with Crippen molar-refractivity contribution in [3.63, 3.8) is 0 Å². The van der Waals surface area contributed by atoms with Gasteiger partial charge in [-0.2, -0.15) is 0 Å². The number of ether oxygens (including phenoxy) is 1. The molecule has 5 heteroatoms. The van der Waals surface area contributed by atoms with Gasteiger partial charge in [0, 0.05) is 6.54 Å². The maximum atomic E-state index is 5.68. The summed E-state index contributed by atoms with van der Waals surface area (Å²) in [6, 6.07) is 8.26. The largest absolute Gasteiger partial charge is 0.493 e. The third-order valence-electron chi connectivity index (χ3n) is 3.53. The first-order valence-electron chi connectivity index (χ1n) is 8.19. The van der Waals surface area contributed by atoms with Crippen LogP contribution in [0.2, 0.25) is 0 Å². The van der Waals surface area contributed by atoms with Crippen molar-refractivity contribution in [2.45, 2.75) is 45.6 Å². The average Bonchev–Trinajstić information content (AvgIpc) is 3.05. The van der Waals surface area contributed by atoms with Crippen molar-refractivity contribution in [1.29, 1.82) is 0 Å². The van der Waals surface area contributed by atoms with Crippen LogP contribution in [0.5, 0.6) is 5.75 Å². The van der Waals surface area contributed by atoms with Crippen molar-refractivity contribution in [2.75, 3.05) is 13.2 Å². The van der Waals surface area contributed by atoms with Gasteiger partial charge in [-0.05, 0) is 30.7 Å². The first-order valence-corrected chi connectivity index (χ1v) is 8.19. The Morgan fingerprint density at radius 1 is 1.13 bits per heavy atom. The molecule has 128 valence electrons. The zero-order valence-corrected chi connectivity index (χ0v) is 14.6. The first kappa shape index (κ1) is 19.5. The Labute approximate surface area is 145 Å². The number of hydrogen-bond donors (Lipinski definition) is 1. The van der Waals surface area contributed by atoms with Crippen LogP contribution in [0.3, 0.4) is 0 Å². The van der Waals surface area contributed by atoms with E-state index in [9.17, 15) is 0 Å². The van der Waals surface area contributed by atoms with Crippen molar-refractivity contribution in [3.05, 3.63) is 48.2 Å². The molecule has 0 bridgehead atoms. The van der Waals surface area contributed by atoms with Crippen LogP contribution in [0.15, 0.2) is 41.1 Å². The van der Waals surface area contributed by atoms with E-state index in [2.05, 4.69) is 29.4 Å². The van der Waals surface area contributed by atoms with Crippen LogP contribution in [-0.2, 0) is 13.0 Å². The number of unbranched alkanes of at least 4 members (excludes halogenated alkanes) is 3. The summed E-state index contributed by atoms with van der Waals surface area (Å²) in [6.45, 7) is 4.83.